The number of nitrogens with zero attached hydrogens (tertiary/aromatic N) is 6. The van der Waals surface area contributed by atoms with Gasteiger partial charge in [0.05, 0.1) is 31.8 Å². The van der Waals surface area contributed by atoms with Crippen molar-refractivity contribution in [3.63, 3.8) is 0 Å². The average molecular weight is 563 g/mol. The quantitative estimate of drug-likeness (QED) is 0.308. The fraction of sp³-hybridized carbons (Fsp3) is 0.448. The molecule has 3 N–H and O–H groups in total. The Morgan fingerprint density at radius 1 is 1.20 bits per heavy atom. The van der Waals surface area contributed by atoms with E-state index in [0.717, 1.165) is 59.0 Å². The maximum Gasteiger partial charge on any atom is 0.410 e. The molecule has 12 heteroatoms. The second kappa shape index (κ2) is 11.3. The van der Waals surface area contributed by atoms with Crippen LogP contribution in [0.3, 0.4) is 0 Å². The fourth-order valence-electron chi connectivity index (χ4n) is 4.91. The second-order valence-electron chi connectivity index (χ2n) is 11.5. The largest absolute Gasteiger partial charge is 0.496 e. The number of carbonyl (C=O) groups is 1. The Hall–Kier alpha value is -4.32. The summed E-state index contributed by atoms with van der Waals surface area (Å²) in [7, 11) is 3.48. The minimum atomic E-state index is -0.505. The number of aryl methyl sites for hydroxylation is 1. The maximum absolute atomic E-state index is 12.4. The second-order valence-corrected chi connectivity index (χ2v) is 11.5. The SMILES string of the molecule is COc1cc(CN2CC(N(C)C(=O)OC(C)(C)C)C2)ccc1Cn1ccc2nc(N)nc(NCc3cc(C)on3)c21. The number of hydrogen-bond donors (Lipinski definition) is 2. The van der Waals surface area contributed by atoms with Crippen LogP contribution in [0.4, 0.5) is 16.6 Å². The summed E-state index contributed by atoms with van der Waals surface area (Å²) in [6, 6.07) is 10.2. The highest BCUT2D eigenvalue weighted by molar-refractivity contribution is 5.87. The summed E-state index contributed by atoms with van der Waals surface area (Å²) in [5.74, 6) is 2.37. The number of rotatable bonds is 9. The minimum absolute atomic E-state index is 0.139. The third-order valence-corrected chi connectivity index (χ3v) is 7.01. The van der Waals surface area contributed by atoms with E-state index in [4.69, 9.17) is 19.7 Å². The lowest BCUT2D eigenvalue weighted by molar-refractivity contribution is -0.00574. The molecule has 3 aromatic heterocycles. The van der Waals surface area contributed by atoms with Crippen LogP contribution in [0.25, 0.3) is 11.0 Å². The molecule has 218 valence electrons. The normalized spacial score (nSPS) is 14.2. The van der Waals surface area contributed by atoms with Crippen LogP contribution >= 0.6 is 0 Å². The van der Waals surface area contributed by atoms with Gasteiger partial charge in [0, 0.05) is 44.5 Å². The molecule has 1 fully saturated rings. The van der Waals surface area contributed by atoms with Crippen molar-refractivity contribution in [1.29, 1.82) is 0 Å². The zero-order valence-corrected chi connectivity index (χ0v) is 24.5. The summed E-state index contributed by atoms with van der Waals surface area (Å²) in [6.45, 7) is 10.8. The highest BCUT2D eigenvalue weighted by Crippen LogP contribution is 2.28. The van der Waals surface area contributed by atoms with Gasteiger partial charge in [-0.1, -0.05) is 17.3 Å². The Morgan fingerprint density at radius 3 is 2.66 bits per heavy atom. The minimum Gasteiger partial charge on any atom is -0.496 e. The Morgan fingerprint density at radius 2 is 1.98 bits per heavy atom. The summed E-state index contributed by atoms with van der Waals surface area (Å²) in [5, 5.41) is 7.37. The van der Waals surface area contributed by atoms with Crippen LogP contribution in [-0.4, -0.2) is 74.5 Å². The van der Waals surface area contributed by atoms with E-state index in [1.165, 1.54) is 0 Å². The molecular weight excluding hydrogens is 524 g/mol. The third-order valence-electron chi connectivity index (χ3n) is 7.01. The number of nitrogens with one attached hydrogen (secondary N) is 1. The van der Waals surface area contributed by atoms with Gasteiger partial charge >= 0.3 is 6.09 Å². The summed E-state index contributed by atoms with van der Waals surface area (Å²) in [5.41, 5.74) is 10.0. The zero-order chi connectivity index (χ0) is 29.3. The molecule has 41 heavy (non-hydrogen) atoms. The first kappa shape index (κ1) is 28.2. The van der Waals surface area contributed by atoms with Crippen molar-refractivity contribution in [2.75, 3.05) is 38.3 Å². The Labute approximate surface area is 239 Å². The van der Waals surface area contributed by atoms with E-state index in [1.54, 1.807) is 19.1 Å². The Balaban J connectivity index is 1.26. The number of likely N-dealkylation sites (tertiary alicyclic amines) is 1. The molecule has 0 unspecified atom stereocenters. The van der Waals surface area contributed by atoms with E-state index < -0.39 is 5.60 Å². The van der Waals surface area contributed by atoms with Gasteiger partial charge in [-0.3, -0.25) is 4.90 Å². The molecule has 1 amide bonds. The number of carbonyl (C=O) groups excluding carboxylic acids is 1. The number of benzene rings is 1. The van der Waals surface area contributed by atoms with Gasteiger partial charge in [-0.05, 0) is 45.4 Å². The predicted octanol–water partition coefficient (Wildman–Crippen LogP) is 4.03. The number of ether oxygens (including phenoxy) is 2. The molecule has 0 spiro atoms. The van der Waals surface area contributed by atoms with Crippen LogP contribution in [0.2, 0.25) is 0 Å². The van der Waals surface area contributed by atoms with E-state index >= 15 is 0 Å². The van der Waals surface area contributed by atoms with E-state index in [1.807, 2.05) is 46.0 Å². The first-order chi connectivity index (χ1) is 19.5. The summed E-state index contributed by atoms with van der Waals surface area (Å²) in [4.78, 5) is 25.2. The van der Waals surface area contributed by atoms with Crippen LogP contribution in [0, 0.1) is 6.92 Å². The Kier molecular flexibility index (Phi) is 7.76. The van der Waals surface area contributed by atoms with Gasteiger partial charge in [0.1, 0.15) is 28.3 Å². The van der Waals surface area contributed by atoms with Gasteiger partial charge in [0.15, 0.2) is 5.82 Å². The topological polar surface area (TPSA) is 137 Å². The van der Waals surface area contributed by atoms with Crippen LogP contribution in [0.15, 0.2) is 41.1 Å². The number of aromatic nitrogens is 4. The van der Waals surface area contributed by atoms with E-state index in [9.17, 15) is 4.79 Å². The van der Waals surface area contributed by atoms with Crippen molar-refractivity contribution in [3.05, 3.63) is 59.1 Å². The number of likely N-dealkylation sites (N-methyl/N-ethyl adjacent to an activating group) is 1. The van der Waals surface area contributed by atoms with Gasteiger partial charge in [0.2, 0.25) is 5.95 Å². The molecule has 0 radical (unpaired) electrons. The fourth-order valence-corrected chi connectivity index (χ4v) is 4.91. The van der Waals surface area contributed by atoms with Crippen molar-refractivity contribution in [1.82, 2.24) is 29.5 Å². The van der Waals surface area contributed by atoms with Crippen LogP contribution < -0.4 is 15.8 Å². The molecule has 4 heterocycles. The number of nitrogens with two attached hydrogens (primary N) is 1. The van der Waals surface area contributed by atoms with Gasteiger partial charge < -0.3 is 34.5 Å². The van der Waals surface area contributed by atoms with E-state index in [-0.39, 0.29) is 18.1 Å². The number of fused-ring (bicyclic) bond motifs is 1. The first-order valence-corrected chi connectivity index (χ1v) is 13.6. The molecule has 1 saturated heterocycles. The molecule has 5 rings (SSSR count). The molecule has 1 aromatic carbocycles. The summed E-state index contributed by atoms with van der Waals surface area (Å²) >= 11 is 0. The molecule has 0 aliphatic carbocycles. The van der Waals surface area contributed by atoms with Crippen molar-refractivity contribution in [2.24, 2.45) is 0 Å². The monoisotopic (exact) mass is 562 g/mol. The smallest absolute Gasteiger partial charge is 0.410 e. The van der Waals surface area contributed by atoms with Crippen LogP contribution in [0.5, 0.6) is 5.75 Å². The molecule has 0 bridgehead atoms. The molecule has 12 nitrogen and oxygen atoms in total. The van der Waals surface area contributed by atoms with Crippen molar-refractivity contribution in [3.8, 4) is 5.75 Å². The Bertz CT molecular complexity index is 1530. The average Bonchev–Trinajstić information content (AvgIpc) is 3.49. The number of anilines is 2. The number of methoxy groups -OCH3 is 1. The lowest BCUT2D eigenvalue weighted by Crippen LogP contribution is -2.59. The molecule has 1 aliphatic rings. The lowest BCUT2D eigenvalue weighted by atomic mass is 10.0. The maximum atomic E-state index is 12.4. The first-order valence-electron chi connectivity index (χ1n) is 13.6. The molecule has 4 aromatic rings. The standard InChI is InChI=1S/C29H38N8O4/c1-18-11-21(34-41-18)13-31-26-25-23(32-27(30)33-26)9-10-37(25)15-20-8-7-19(12-24(20)39-6)14-36-16-22(17-36)35(5)28(38)40-29(2,3)4/h7-12,22H,13-17H2,1-6H3,(H3,30,31,32,33). The van der Waals surface area contributed by atoms with Gasteiger partial charge in [-0.2, -0.15) is 4.98 Å². The van der Waals surface area contributed by atoms with Gasteiger partial charge in [0.25, 0.3) is 0 Å². The van der Waals surface area contributed by atoms with E-state index in [0.29, 0.717) is 18.9 Å². The van der Waals surface area contributed by atoms with Gasteiger partial charge in [-0.15, -0.1) is 0 Å². The number of hydrogen-bond acceptors (Lipinski definition) is 10. The summed E-state index contributed by atoms with van der Waals surface area (Å²) in [6.07, 6.45) is 1.68. The molecule has 0 atom stereocenters. The number of amides is 1. The van der Waals surface area contributed by atoms with Crippen molar-refractivity contribution in [2.45, 2.75) is 59.0 Å². The highest BCUT2D eigenvalue weighted by atomic mass is 16.6. The van der Waals surface area contributed by atoms with Crippen LogP contribution in [0.1, 0.15) is 43.4 Å². The van der Waals surface area contributed by atoms with Crippen LogP contribution in [-0.2, 0) is 24.4 Å². The molecule has 1 aliphatic heterocycles. The van der Waals surface area contributed by atoms with E-state index in [2.05, 4.69) is 48.1 Å². The predicted molar refractivity (Wildman–Crippen MR) is 156 cm³/mol. The van der Waals surface area contributed by atoms with Gasteiger partial charge in [-0.25, -0.2) is 9.78 Å². The number of nitrogen functional groups attached to an aromatic ring is 1. The lowest BCUT2D eigenvalue weighted by Gasteiger charge is -2.44. The summed E-state index contributed by atoms with van der Waals surface area (Å²) < 4.78 is 18.5. The third kappa shape index (κ3) is 6.54. The zero-order valence-electron chi connectivity index (χ0n) is 24.5. The molecular formula is C29H38N8O4. The highest BCUT2D eigenvalue weighted by Gasteiger charge is 2.34. The van der Waals surface area contributed by atoms with Crippen molar-refractivity contribution < 1.29 is 18.8 Å². The molecule has 0 saturated carbocycles. The van der Waals surface area contributed by atoms with Crippen molar-refractivity contribution >= 4 is 28.9 Å².